The summed E-state index contributed by atoms with van der Waals surface area (Å²) in [6.07, 6.45) is 4.06. The third-order valence-corrected chi connectivity index (χ3v) is 5.62. The number of benzene rings is 2. The molecule has 2 aromatic rings. The van der Waals surface area contributed by atoms with Crippen LogP contribution in [-0.2, 0) is 10.2 Å². The minimum atomic E-state index is -0.329. The predicted molar refractivity (Wildman–Crippen MR) is 109 cm³/mol. The van der Waals surface area contributed by atoms with Gasteiger partial charge in [-0.3, -0.25) is 26.7 Å². The van der Waals surface area contributed by atoms with Gasteiger partial charge in [0.25, 0.3) is 5.91 Å². The van der Waals surface area contributed by atoms with Crippen LogP contribution in [0.15, 0.2) is 36.4 Å². The summed E-state index contributed by atoms with van der Waals surface area (Å²) in [4.78, 5) is 24.4. The third-order valence-electron chi connectivity index (χ3n) is 5.62. The lowest BCUT2D eigenvalue weighted by Crippen LogP contribution is -2.30. The molecule has 8 heteroatoms. The number of hydrogen-bond donors (Lipinski definition) is 5. The van der Waals surface area contributed by atoms with Gasteiger partial charge in [0.15, 0.2) is 0 Å². The molecule has 8 nitrogen and oxygen atoms in total. The molecule has 4 rings (SSSR count). The van der Waals surface area contributed by atoms with E-state index in [2.05, 4.69) is 28.5 Å². The van der Waals surface area contributed by atoms with Crippen molar-refractivity contribution in [3.05, 3.63) is 53.1 Å². The zero-order valence-electron chi connectivity index (χ0n) is 15.8. The van der Waals surface area contributed by atoms with Crippen LogP contribution in [-0.4, -0.2) is 17.3 Å². The first-order valence-corrected chi connectivity index (χ1v) is 8.96. The summed E-state index contributed by atoms with van der Waals surface area (Å²) in [6, 6.07) is 11.6. The van der Waals surface area contributed by atoms with Crippen molar-refractivity contribution in [2.75, 3.05) is 5.32 Å². The second-order valence-corrected chi connectivity index (χ2v) is 7.01. The van der Waals surface area contributed by atoms with E-state index < -0.39 is 0 Å². The van der Waals surface area contributed by atoms with Gasteiger partial charge in [-0.15, -0.1) is 0 Å². The lowest BCUT2D eigenvalue weighted by molar-refractivity contribution is -0.120. The zero-order valence-corrected chi connectivity index (χ0v) is 15.8. The molecule has 0 bridgehead atoms. The highest BCUT2D eigenvalue weighted by atomic mass is 16.2. The van der Waals surface area contributed by atoms with Crippen molar-refractivity contribution in [3.63, 3.8) is 0 Å². The van der Waals surface area contributed by atoms with Gasteiger partial charge >= 0.3 is 0 Å². The topological polar surface area (TPSA) is 168 Å². The summed E-state index contributed by atoms with van der Waals surface area (Å²) >= 11 is 0. The number of fused-ring (bicyclic) bond motifs is 2. The van der Waals surface area contributed by atoms with Crippen LogP contribution in [0.25, 0.3) is 11.1 Å². The average Bonchev–Trinajstić information content (AvgIpc) is 3.29. The van der Waals surface area contributed by atoms with Gasteiger partial charge in [-0.25, -0.2) is 5.84 Å². The van der Waals surface area contributed by atoms with Crippen molar-refractivity contribution in [2.45, 2.75) is 38.0 Å². The summed E-state index contributed by atoms with van der Waals surface area (Å²) < 4.78 is 0. The van der Waals surface area contributed by atoms with Crippen molar-refractivity contribution in [2.24, 2.45) is 17.5 Å². The van der Waals surface area contributed by atoms with E-state index in [1.807, 2.05) is 31.2 Å². The normalized spacial score (nSPS) is 15.8. The molecule has 0 atom stereocenters. The Morgan fingerprint density at radius 3 is 2.43 bits per heavy atom. The van der Waals surface area contributed by atoms with Crippen LogP contribution >= 0.6 is 0 Å². The Morgan fingerprint density at radius 1 is 1.11 bits per heavy atom. The monoisotopic (exact) mass is 385 g/mol. The van der Waals surface area contributed by atoms with Crippen molar-refractivity contribution < 1.29 is 15.1 Å². The van der Waals surface area contributed by atoms with Gasteiger partial charge in [0, 0.05) is 11.3 Å². The minimum absolute atomic E-state index is 0. The van der Waals surface area contributed by atoms with Gasteiger partial charge in [-0.1, -0.05) is 31.0 Å². The Hall–Kier alpha value is -2.78. The molecule has 1 fully saturated rings. The number of hydrogen-bond acceptors (Lipinski definition) is 5. The first-order valence-electron chi connectivity index (χ1n) is 8.96. The third kappa shape index (κ3) is 3.38. The molecule has 1 heterocycles. The SMILES string of the molecule is Cc1ccc(C(=O)NN)cc1-c1ccc2c(c1)NC(=O)C21CCCC1.NN.O. The van der Waals surface area contributed by atoms with E-state index in [9.17, 15) is 9.59 Å². The molecule has 0 aromatic heterocycles. The molecule has 1 spiro atoms. The Bertz CT molecular complexity index is 891. The van der Waals surface area contributed by atoms with E-state index in [0.717, 1.165) is 53.6 Å². The highest BCUT2D eigenvalue weighted by Gasteiger charge is 2.48. The number of carbonyl (C=O) groups excluding carboxylic acids is 2. The van der Waals surface area contributed by atoms with E-state index in [0.29, 0.717) is 5.56 Å². The summed E-state index contributed by atoms with van der Waals surface area (Å²) in [5, 5.41) is 3.07. The van der Waals surface area contributed by atoms with Crippen LogP contribution in [0.1, 0.15) is 47.2 Å². The number of amides is 2. The van der Waals surface area contributed by atoms with Gasteiger partial charge in [-0.2, -0.15) is 0 Å². The Kier molecular flexibility index (Phi) is 6.52. The largest absolute Gasteiger partial charge is 0.412 e. The van der Waals surface area contributed by atoms with Crippen LogP contribution in [0.5, 0.6) is 0 Å². The highest BCUT2D eigenvalue weighted by Crippen LogP contribution is 2.49. The quantitative estimate of drug-likeness (QED) is 0.295. The van der Waals surface area contributed by atoms with Gasteiger partial charge < -0.3 is 10.8 Å². The van der Waals surface area contributed by atoms with Gasteiger partial charge in [0.1, 0.15) is 0 Å². The van der Waals surface area contributed by atoms with Crippen molar-refractivity contribution in [1.82, 2.24) is 5.43 Å². The molecular weight excluding hydrogens is 358 g/mol. The van der Waals surface area contributed by atoms with Crippen molar-refractivity contribution in [3.8, 4) is 11.1 Å². The number of hydrazine groups is 2. The molecule has 1 saturated carbocycles. The minimum Gasteiger partial charge on any atom is -0.412 e. The lowest BCUT2D eigenvalue weighted by Gasteiger charge is -2.20. The van der Waals surface area contributed by atoms with E-state index in [1.165, 1.54) is 0 Å². The second-order valence-electron chi connectivity index (χ2n) is 7.01. The smallest absolute Gasteiger partial charge is 0.265 e. The van der Waals surface area contributed by atoms with Crippen molar-refractivity contribution in [1.29, 1.82) is 0 Å². The number of carbonyl (C=O) groups is 2. The second kappa shape index (κ2) is 8.49. The molecule has 2 amide bonds. The number of nitrogen functional groups attached to an aromatic ring is 1. The summed E-state index contributed by atoms with van der Waals surface area (Å²) in [6.45, 7) is 2.00. The molecule has 28 heavy (non-hydrogen) atoms. The highest BCUT2D eigenvalue weighted by molar-refractivity contribution is 6.07. The van der Waals surface area contributed by atoms with Crippen molar-refractivity contribution >= 4 is 17.5 Å². The van der Waals surface area contributed by atoms with E-state index in [4.69, 9.17) is 5.84 Å². The average molecular weight is 385 g/mol. The Labute approximate surface area is 163 Å². The number of anilines is 1. The summed E-state index contributed by atoms with van der Waals surface area (Å²) in [5.74, 6) is 13.1. The van der Waals surface area contributed by atoms with Crippen LogP contribution in [0, 0.1) is 6.92 Å². The molecule has 1 aliphatic carbocycles. The van der Waals surface area contributed by atoms with Crippen LogP contribution < -0.4 is 28.3 Å². The fraction of sp³-hybridized carbons (Fsp3) is 0.300. The Balaban J connectivity index is 0.000000906. The molecule has 0 radical (unpaired) electrons. The number of nitrogens with two attached hydrogens (primary N) is 3. The predicted octanol–water partition coefficient (Wildman–Crippen LogP) is 1.02. The van der Waals surface area contributed by atoms with Gasteiger partial charge in [0.2, 0.25) is 5.91 Å². The summed E-state index contributed by atoms with van der Waals surface area (Å²) in [7, 11) is 0. The number of nitrogens with one attached hydrogen (secondary N) is 2. The van der Waals surface area contributed by atoms with E-state index >= 15 is 0 Å². The molecule has 150 valence electrons. The molecule has 2 aliphatic rings. The van der Waals surface area contributed by atoms with Crippen LogP contribution in [0.3, 0.4) is 0 Å². The van der Waals surface area contributed by atoms with Gasteiger partial charge in [-0.05, 0) is 60.2 Å². The molecule has 10 N–H and O–H groups in total. The molecule has 0 unspecified atom stereocenters. The van der Waals surface area contributed by atoms with Crippen LogP contribution in [0.2, 0.25) is 0 Å². The first-order chi connectivity index (χ1) is 13.0. The maximum Gasteiger partial charge on any atom is 0.265 e. The summed E-state index contributed by atoms with van der Waals surface area (Å²) in [5.41, 5.74) is 7.38. The fourth-order valence-corrected chi connectivity index (χ4v) is 4.23. The van der Waals surface area contributed by atoms with Gasteiger partial charge in [0.05, 0.1) is 5.41 Å². The fourth-order valence-electron chi connectivity index (χ4n) is 4.23. The molecule has 0 saturated heterocycles. The standard InChI is InChI=1S/C20H21N3O2.H4N2.H2O/c1-12-4-5-14(18(24)23-21)10-15(12)13-6-7-16-17(11-13)22-19(25)20(16)8-2-3-9-20;1-2;/h4-7,10-11H,2-3,8-9,21H2,1H3,(H,22,25)(H,23,24);1-2H2;1H2. The van der Waals surface area contributed by atoms with Crippen LogP contribution in [0.4, 0.5) is 5.69 Å². The number of aryl methyl sites for hydroxylation is 1. The maximum atomic E-state index is 12.6. The maximum absolute atomic E-state index is 12.6. The lowest BCUT2D eigenvalue weighted by atomic mass is 9.79. The zero-order chi connectivity index (χ0) is 19.6. The number of rotatable bonds is 2. The molecule has 2 aromatic carbocycles. The van der Waals surface area contributed by atoms with E-state index in [1.54, 1.807) is 6.07 Å². The molecular formula is C20H27N5O3. The molecule has 1 aliphatic heterocycles. The first kappa shape index (κ1) is 21.5. The van der Waals surface area contributed by atoms with E-state index in [-0.39, 0.29) is 22.7 Å². The Morgan fingerprint density at radius 2 is 1.79 bits per heavy atom.